The van der Waals surface area contributed by atoms with E-state index in [1.165, 1.54) is 11.8 Å². The lowest BCUT2D eigenvalue weighted by atomic mass is 9.90. The second kappa shape index (κ2) is 13.0. The number of nitrogens with zero attached hydrogens (tertiary/aromatic N) is 3. The van der Waals surface area contributed by atoms with Gasteiger partial charge < -0.3 is 19.3 Å². The number of carbonyl (C=O) groups is 3. The Morgan fingerprint density at radius 1 is 1.05 bits per heavy atom. The first kappa shape index (κ1) is 29.6. The van der Waals surface area contributed by atoms with Crippen LogP contribution < -0.4 is 0 Å². The van der Waals surface area contributed by atoms with Gasteiger partial charge in [0.15, 0.2) is 5.17 Å². The molecule has 5 rings (SSSR count). The van der Waals surface area contributed by atoms with Crippen molar-refractivity contribution in [2.45, 2.75) is 59.6 Å². The number of thioether (sulfide) groups is 1. The maximum Gasteiger partial charge on any atom is 0.338 e. The van der Waals surface area contributed by atoms with Crippen molar-refractivity contribution < 1.29 is 23.9 Å². The number of piperidine rings is 1. The largest absolute Gasteiger partial charge is 0.466 e. The first-order valence-corrected chi connectivity index (χ1v) is 15.3. The predicted molar refractivity (Wildman–Crippen MR) is 163 cm³/mol. The van der Waals surface area contributed by atoms with E-state index in [4.69, 9.17) is 14.5 Å². The molecular weight excluding hydrogens is 550 g/mol. The number of rotatable bonds is 8. The van der Waals surface area contributed by atoms with Crippen molar-refractivity contribution in [3.05, 3.63) is 93.2 Å². The van der Waals surface area contributed by atoms with Gasteiger partial charge in [0.1, 0.15) is 6.61 Å². The van der Waals surface area contributed by atoms with E-state index in [2.05, 4.69) is 6.07 Å². The fraction of sp³-hybridized carbons (Fsp3) is 0.394. The lowest BCUT2D eigenvalue weighted by molar-refractivity contribution is -0.151. The molecule has 3 aliphatic heterocycles. The molecule has 0 spiro atoms. The molecule has 1 fully saturated rings. The highest BCUT2D eigenvalue weighted by atomic mass is 32.2. The summed E-state index contributed by atoms with van der Waals surface area (Å²) in [6.07, 6.45) is 1.61. The quantitative estimate of drug-likeness (QED) is 0.360. The summed E-state index contributed by atoms with van der Waals surface area (Å²) >= 11 is 1.45. The number of fused-ring (bicyclic) bond motifs is 1. The molecule has 1 amide bonds. The Labute approximate surface area is 251 Å². The molecule has 2 aromatic carbocycles. The van der Waals surface area contributed by atoms with Crippen molar-refractivity contribution in [3.63, 3.8) is 0 Å². The van der Waals surface area contributed by atoms with Crippen molar-refractivity contribution in [3.8, 4) is 0 Å². The average Bonchev–Trinajstić information content (AvgIpc) is 3.37. The first-order valence-electron chi connectivity index (χ1n) is 14.4. The van der Waals surface area contributed by atoms with Crippen LogP contribution in [0.1, 0.15) is 61.4 Å². The second-order valence-corrected chi connectivity index (χ2v) is 11.8. The van der Waals surface area contributed by atoms with E-state index in [-0.39, 0.29) is 30.8 Å². The van der Waals surface area contributed by atoms with Crippen LogP contribution in [0.5, 0.6) is 0 Å². The average molecular weight is 588 g/mol. The summed E-state index contributed by atoms with van der Waals surface area (Å²) in [7, 11) is 0. The zero-order valence-corrected chi connectivity index (χ0v) is 25.4. The van der Waals surface area contributed by atoms with Gasteiger partial charge in [0.25, 0.3) is 0 Å². The van der Waals surface area contributed by atoms with E-state index < -0.39 is 12.0 Å². The normalized spacial score (nSPS) is 20.1. The zero-order chi connectivity index (χ0) is 29.8. The van der Waals surface area contributed by atoms with Crippen LogP contribution in [-0.2, 0) is 30.5 Å². The van der Waals surface area contributed by atoms with Crippen LogP contribution in [0.25, 0.3) is 0 Å². The molecular formula is C33H37N3O5S. The van der Waals surface area contributed by atoms with Crippen LogP contribution in [0.4, 0.5) is 0 Å². The molecule has 0 N–H and O–H groups in total. The van der Waals surface area contributed by atoms with Gasteiger partial charge in [-0.05, 0) is 62.6 Å². The topological polar surface area (TPSA) is 88.5 Å². The molecule has 0 saturated carbocycles. The van der Waals surface area contributed by atoms with Gasteiger partial charge in [-0.25, -0.2) is 9.79 Å². The van der Waals surface area contributed by atoms with Crippen molar-refractivity contribution in [1.29, 1.82) is 0 Å². The standard InChI is InChI=1S/C33H37N3O5S/c1-5-40-31(38)25-12-9-15-35(18-25)28(37)17-26-20-42-33-34-23(4)29(32(39)41-19-24-10-7-6-8-11-24)30(36(26)33)27-14-13-21(2)16-22(27)3/h6-8,10-11,13-14,16,20,25,30H,5,9,12,15,17-19H2,1-4H3/t25-,30+/m1/s1. The molecule has 2 aromatic rings. The highest BCUT2D eigenvalue weighted by Crippen LogP contribution is 2.46. The summed E-state index contributed by atoms with van der Waals surface area (Å²) < 4.78 is 11.1. The molecule has 3 heterocycles. The Morgan fingerprint density at radius 3 is 2.57 bits per heavy atom. The SMILES string of the molecule is CCOC(=O)[C@@H]1CCCN(C(=O)CC2=CSC3=NC(C)=C(C(=O)OCc4ccccc4)[C@H](c4ccc(C)cc4C)N23)C1. The van der Waals surface area contributed by atoms with Crippen LogP contribution in [0, 0.1) is 19.8 Å². The minimum absolute atomic E-state index is 0.0593. The Hall–Kier alpha value is -3.85. The number of ether oxygens (including phenoxy) is 2. The molecule has 0 aliphatic carbocycles. The van der Waals surface area contributed by atoms with E-state index in [1.54, 1.807) is 11.8 Å². The van der Waals surface area contributed by atoms with Crippen LogP contribution >= 0.6 is 11.8 Å². The number of esters is 2. The number of aryl methyl sites for hydroxylation is 2. The smallest absolute Gasteiger partial charge is 0.338 e. The fourth-order valence-electron chi connectivity index (χ4n) is 5.78. The lowest BCUT2D eigenvalue weighted by Crippen LogP contribution is -2.44. The summed E-state index contributed by atoms with van der Waals surface area (Å²) in [6.45, 7) is 9.15. The van der Waals surface area contributed by atoms with Gasteiger partial charge in [-0.2, -0.15) is 0 Å². The van der Waals surface area contributed by atoms with E-state index in [0.29, 0.717) is 31.0 Å². The molecule has 2 atom stereocenters. The zero-order valence-electron chi connectivity index (χ0n) is 24.6. The molecule has 9 heteroatoms. The number of hydrogen-bond acceptors (Lipinski definition) is 8. The Balaban J connectivity index is 1.42. The number of carbonyl (C=O) groups excluding carboxylic acids is 3. The first-order chi connectivity index (χ1) is 20.3. The summed E-state index contributed by atoms with van der Waals surface area (Å²) in [4.78, 5) is 48.3. The van der Waals surface area contributed by atoms with E-state index >= 15 is 0 Å². The molecule has 0 bridgehead atoms. The molecule has 0 unspecified atom stereocenters. The third kappa shape index (κ3) is 6.31. The van der Waals surface area contributed by atoms with Crippen LogP contribution in [-0.4, -0.2) is 52.5 Å². The summed E-state index contributed by atoms with van der Waals surface area (Å²) in [5.41, 5.74) is 5.86. The summed E-state index contributed by atoms with van der Waals surface area (Å²) in [5, 5.41) is 2.67. The molecule has 0 radical (unpaired) electrons. The van der Waals surface area contributed by atoms with Crippen molar-refractivity contribution in [2.24, 2.45) is 10.9 Å². The molecule has 8 nitrogen and oxygen atoms in total. The highest BCUT2D eigenvalue weighted by molar-refractivity contribution is 8.16. The second-order valence-electron chi connectivity index (χ2n) is 10.9. The summed E-state index contributed by atoms with van der Waals surface area (Å²) in [5.74, 6) is -1.04. The molecule has 220 valence electrons. The number of hydrogen-bond donors (Lipinski definition) is 0. The molecule has 42 heavy (non-hydrogen) atoms. The lowest BCUT2D eigenvalue weighted by Gasteiger charge is -2.38. The summed E-state index contributed by atoms with van der Waals surface area (Å²) in [6, 6.07) is 15.3. The van der Waals surface area contributed by atoms with Crippen LogP contribution in [0.15, 0.2) is 75.9 Å². The van der Waals surface area contributed by atoms with Gasteiger partial charge in [-0.15, -0.1) is 0 Å². The van der Waals surface area contributed by atoms with Gasteiger partial charge in [0, 0.05) is 18.8 Å². The van der Waals surface area contributed by atoms with E-state index in [1.807, 2.05) is 73.5 Å². The number of aliphatic imine (C=N–C) groups is 1. The van der Waals surface area contributed by atoms with E-state index in [0.717, 1.165) is 46.0 Å². The van der Waals surface area contributed by atoms with Crippen molar-refractivity contribution >= 4 is 34.8 Å². The van der Waals surface area contributed by atoms with Crippen LogP contribution in [0.2, 0.25) is 0 Å². The van der Waals surface area contributed by atoms with E-state index in [9.17, 15) is 14.4 Å². The van der Waals surface area contributed by atoms with Crippen molar-refractivity contribution in [2.75, 3.05) is 19.7 Å². The van der Waals surface area contributed by atoms with Crippen molar-refractivity contribution in [1.82, 2.24) is 9.80 Å². The fourth-order valence-corrected chi connectivity index (χ4v) is 6.75. The Bertz CT molecular complexity index is 1470. The molecule has 0 aromatic heterocycles. The molecule has 3 aliphatic rings. The van der Waals surface area contributed by atoms with Gasteiger partial charge >= 0.3 is 11.9 Å². The maximum atomic E-state index is 13.7. The predicted octanol–water partition coefficient (Wildman–Crippen LogP) is 5.81. The number of likely N-dealkylation sites (tertiary alicyclic amines) is 1. The minimum atomic E-state index is -0.496. The Morgan fingerprint density at radius 2 is 1.83 bits per heavy atom. The number of benzene rings is 2. The molecule has 1 saturated heterocycles. The minimum Gasteiger partial charge on any atom is -0.466 e. The van der Waals surface area contributed by atoms with Gasteiger partial charge in [0.05, 0.1) is 36.3 Å². The van der Waals surface area contributed by atoms with Gasteiger partial charge in [0.2, 0.25) is 5.91 Å². The Kier molecular flexibility index (Phi) is 9.16. The monoisotopic (exact) mass is 587 g/mol. The number of allylic oxidation sites excluding steroid dienone is 1. The highest BCUT2D eigenvalue weighted by Gasteiger charge is 2.42. The maximum absolute atomic E-state index is 13.7. The number of amidine groups is 1. The van der Waals surface area contributed by atoms with Gasteiger partial charge in [-0.3, -0.25) is 9.59 Å². The number of amides is 1. The third-order valence-electron chi connectivity index (χ3n) is 7.88. The van der Waals surface area contributed by atoms with Crippen LogP contribution in [0.3, 0.4) is 0 Å². The van der Waals surface area contributed by atoms with Gasteiger partial charge in [-0.1, -0.05) is 65.9 Å². The third-order valence-corrected chi connectivity index (χ3v) is 8.77.